The van der Waals surface area contributed by atoms with Crippen LogP contribution in [0, 0.1) is 23.2 Å². The van der Waals surface area contributed by atoms with Crippen molar-refractivity contribution in [3.8, 4) is 0 Å². The van der Waals surface area contributed by atoms with Crippen LogP contribution in [0.3, 0.4) is 0 Å². The van der Waals surface area contributed by atoms with Gasteiger partial charge in [0.1, 0.15) is 5.03 Å². The van der Waals surface area contributed by atoms with Crippen LogP contribution in [0.2, 0.25) is 0 Å². The largest absolute Gasteiger partial charge is 0.491 e. The van der Waals surface area contributed by atoms with Gasteiger partial charge in [0.25, 0.3) is 0 Å². The molecule has 1 saturated carbocycles. The van der Waals surface area contributed by atoms with E-state index in [1.807, 2.05) is 13.0 Å². The van der Waals surface area contributed by atoms with Crippen molar-refractivity contribution < 1.29 is 14.3 Å². The predicted octanol–water partition coefficient (Wildman–Crippen LogP) is 2.06. The van der Waals surface area contributed by atoms with Crippen molar-refractivity contribution in [2.75, 3.05) is 7.11 Å². The zero-order chi connectivity index (χ0) is 12.4. The molecule has 0 radical (unpaired) electrons. The molecule has 0 aromatic rings. The van der Waals surface area contributed by atoms with Crippen LogP contribution in [-0.4, -0.2) is 18.7 Å². The molecular formula is C13H13ClO3. The summed E-state index contributed by atoms with van der Waals surface area (Å²) in [6.07, 6.45) is 4.98. The molecule has 0 saturated heterocycles. The van der Waals surface area contributed by atoms with Gasteiger partial charge < -0.3 is 4.74 Å². The Bertz CT molecular complexity index is 491. The molecular weight excluding hydrogens is 241 g/mol. The molecule has 3 aliphatic carbocycles. The molecule has 0 amide bonds. The summed E-state index contributed by atoms with van der Waals surface area (Å²) in [6.45, 7) is 1.87. The molecule has 1 unspecified atom stereocenters. The number of carbonyl (C=O) groups excluding carboxylic acids is 2. The second-order valence-corrected chi connectivity index (χ2v) is 5.57. The first-order valence-corrected chi connectivity index (χ1v) is 6.10. The number of hydrogen-bond donors (Lipinski definition) is 0. The number of hydrogen-bond acceptors (Lipinski definition) is 3. The molecule has 17 heavy (non-hydrogen) atoms. The average Bonchev–Trinajstić information content (AvgIpc) is 2.87. The molecule has 3 nitrogen and oxygen atoms in total. The third-order valence-electron chi connectivity index (χ3n) is 4.56. The molecule has 0 spiro atoms. The molecule has 0 heterocycles. The Morgan fingerprint density at radius 2 is 2.12 bits per heavy atom. The molecule has 4 atom stereocenters. The first kappa shape index (κ1) is 11.0. The fraction of sp³-hybridized carbons (Fsp3) is 0.538. The van der Waals surface area contributed by atoms with Crippen molar-refractivity contribution >= 4 is 23.2 Å². The fourth-order valence-electron chi connectivity index (χ4n) is 3.65. The normalized spacial score (nSPS) is 43.4. The van der Waals surface area contributed by atoms with Crippen LogP contribution in [0.1, 0.15) is 13.3 Å². The number of carbonyl (C=O) groups is 2. The lowest BCUT2D eigenvalue weighted by molar-refractivity contribution is -0.140. The number of ether oxygens (including phenoxy) is 1. The number of Topliss-reactive ketones (excluding diaryl/α,β-unsaturated/α-hetero) is 2. The number of allylic oxidation sites excluding steroid dienone is 4. The van der Waals surface area contributed by atoms with Crippen LogP contribution < -0.4 is 0 Å². The summed E-state index contributed by atoms with van der Waals surface area (Å²) in [5, 5.41) is -0.0269. The van der Waals surface area contributed by atoms with E-state index in [4.69, 9.17) is 16.3 Å². The number of ketones is 2. The number of rotatable bonds is 1. The highest BCUT2D eigenvalue weighted by molar-refractivity contribution is 6.46. The van der Waals surface area contributed by atoms with Crippen LogP contribution in [-0.2, 0) is 14.3 Å². The molecule has 3 rings (SSSR count). The van der Waals surface area contributed by atoms with Crippen molar-refractivity contribution in [1.82, 2.24) is 0 Å². The van der Waals surface area contributed by atoms with E-state index >= 15 is 0 Å². The predicted molar refractivity (Wildman–Crippen MR) is 62.2 cm³/mol. The van der Waals surface area contributed by atoms with E-state index < -0.39 is 5.41 Å². The summed E-state index contributed by atoms with van der Waals surface area (Å²) in [5.74, 6) is -0.209. The molecule has 1 fully saturated rings. The summed E-state index contributed by atoms with van der Waals surface area (Å²) >= 11 is 5.95. The van der Waals surface area contributed by atoms with Gasteiger partial charge in [0.15, 0.2) is 11.5 Å². The zero-order valence-corrected chi connectivity index (χ0v) is 10.5. The first-order valence-electron chi connectivity index (χ1n) is 5.73. The molecule has 3 aliphatic rings. The minimum absolute atomic E-state index is 0.0269. The van der Waals surface area contributed by atoms with Gasteiger partial charge in [0.05, 0.1) is 12.5 Å². The average molecular weight is 254 g/mol. The topological polar surface area (TPSA) is 43.4 Å². The third-order valence-corrected chi connectivity index (χ3v) is 4.92. The summed E-state index contributed by atoms with van der Waals surface area (Å²) in [4.78, 5) is 24.7. The van der Waals surface area contributed by atoms with Crippen molar-refractivity contribution in [1.29, 1.82) is 0 Å². The molecule has 4 heteroatoms. The SMILES string of the molecule is COC1=[13C](Cl)C(=O)C2[C@@H]3C=C[C@@H](C3)[C@]2(C)C1=O. The monoisotopic (exact) mass is 253 g/mol. The first-order chi connectivity index (χ1) is 8.01. The van der Waals surface area contributed by atoms with Crippen molar-refractivity contribution in [2.24, 2.45) is 23.2 Å². The van der Waals surface area contributed by atoms with Gasteiger partial charge in [-0.2, -0.15) is 0 Å². The summed E-state index contributed by atoms with van der Waals surface area (Å²) < 4.78 is 5.02. The maximum atomic E-state index is 12.5. The zero-order valence-electron chi connectivity index (χ0n) is 9.70. The Balaban J connectivity index is 2.19. The number of halogens is 1. The smallest absolute Gasteiger partial charge is 0.206 e. The van der Waals surface area contributed by atoms with E-state index in [2.05, 4.69) is 6.08 Å². The Labute approximate surface area is 104 Å². The Kier molecular flexibility index (Phi) is 2.09. The highest BCUT2D eigenvalue weighted by Crippen LogP contribution is 2.60. The number of fused-ring (bicyclic) bond motifs is 5. The molecule has 0 aliphatic heterocycles. The summed E-state index contributed by atoms with van der Waals surface area (Å²) in [5.41, 5.74) is -0.653. The van der Waals surface area contributed by atoms with Gasteiger partial charge >= 0.3 is 0 Å². The van der Waals surface area contributed by atoms with E-state index in [-0.39, 0.29) is 40.1 Å². The third kappa shape index (κ3) is 1.08. The molecule has 0 N–H and O–H groups in total. The van der Waals surface area contributed by atoms with Gasteiger partial charge in [-0.1, -0.05) is 30.7 Å². The Morgan fingerprint density at radius 1 is 1.41 bits per heavy atom. The highest BCUT2D eigenvalue weighted by Gasteiger charge is 2.63. The van der Waals surface area contributed by atoms with Crippen LogP contribution in [0.4, 0.5) is 0 Å². The maximum absolute atomic E-state index is 12.5. The van der Waals surface area contributed by atoms with Gasteiger partial charge in [-0.05, 0) is 18.3 Å². The highest BCUT2D eigenvalue weighted by atomic mass is 35.5. The lowest BCUT2D eigenvalue weighted by Crippen LogP contribution is -2.48. The van der Waals surface area contributed by atoms with Crippen molar-refractivity contribution in [3.05, 3.63) is 22.9 Å². The standard InChI is InChI=1S/C13H13ClO3/c1-13-7-4-3-6(5-7)8(13)10(15)9(14)11(17-2)12(13)16/h3-4,6-8H,5H2,1-2H3/t6-,7+,8?,13+/m1/s1/i9+1. The molecule has 0 aromatic carbocycles. The number of methoxy groups -OCH3 is 1. The van der Waals surface area contributed by atoms with E-state index in [1.54, 1.807) is 0 Å². The van der Waals surface area contributed by atoms with Gasteiger partial charge in [-0.15, -0.1) is 0 Å². The van der Waals surface area contributed by atoms with Gasteiger partial charge in [0, 0.05) is 5.92 Å². The second-order valence-electron chi connectivity index (χ2n) is 5.19. The molecule has 0 aromatic heterocycles. The van der Waals surface area contributed by atoms with Gasteiger partial charge in [0.2, 0.25) is 5.78 Å². The Hall–Kier alpha value is -1.09. The van der Waals surface area contributed by atoms with Crippen LogP contribution in [0.5, 0.6) is 0 Å². The van der Waals surface area contributed by atoms with Crippen molar-refractivity contribution in [3.63, 3.8) is 0 Å². The lowest BCUT2D eigenvalue weighted by Gasteiger charge is -2.39. The van der Waals surface area contributed by atoms with Crippen molar-refractivity contribution in [2.45, 2.75) is 13.3 Å². The summed E-state index contributed by atoms with van der Waals surface area (Å²) in [7, 11) is 1.38. The van der Waals surface area contributed by atoms with Gasteiger partial charge in [-0.25, -0.2) is 0 Å². The van der Waals surface area contributed by atoms with Crippen LogP contribution >= 0.6 is 11.6 Å². The second kappa shape index (κ2) is 3.22. The quantitative estimate of drug-likeness (QED) is 0.531. The maximum Gasteiger partial charge on any atom is 0.206 e. The van der Waals surface area contributed by atoms with E-state index in [9.17, 15) is 9.59 Å². The summed E-state index contributed by atoms with van der Waals surface area (Å²) in [6, 6.07) is 0. The Morgan fingerprint density at radius 3 is 2.76 bits per heavy atom. The minimum Gasteiger partial charge on any atom is -0.491 e. The fourth-order valence-corrected chi connectivity index (χ4v) is 3.93. The van der Waals surface area contributed by atoms with Crippen LogP contribution in [0.25, 0.3) is 0 Å². The van der Waals surface area contributed by atoms with E-state index in [1.165, 1.54) is 7.11 Å². The van der Waals surface area contributed by atoms with Crippen LogP contribution in [0.15, 0.2) is 22.9 Å². The minimum atomic E-state index is -0.653. The van der Waals surface area contributed by atoms with E-state index in [0.717, 1.165) is 6.42 Å². The lowest BCUT2D eigenvalue weighted by atomic mass is 9.64. The van der Waals surface area contributed by atoms with E-state index in [0.29, 0.717) is 0 Å². The molecule has 90 valence electrons. The van der Waals surface area contributed by atoms with Gasteiger partial charge in [-0.3, -0.25) is 9.59 Å². The molecule has 2 bridgehead atoms.